The first-order chi connectivity index (χ1) is 48.2. The fraction of sp³-hybridized carbons (Fsp3) is 0.405. The molecule has 15 rings (SSSR count). The molecule has 15 nitrogen and oxygen atoms in total. The molecule has 0 radical (unpaired) electrons. The summed E-state index contributed by atoms with van der Waals surface area (Å²) in [6, 6.07) is 43.6. The number of pyridine rings is 3. The van der Waals surface area contributed by atoms with Gasteiger partial charge in [-0.2, -0.15) is 0 Å². The van der Waals surface area contributed by atoms with E-state index in [2.05, 4.69) is 153 Å². The number of amides is 3. The molecule has 3 amide bonds. The first-order valence-corrected chi connectivity index (χ1v) is 36.4. The molecule has 0 unspecified atom stereocenters. The van der Waals surface area contributed by atoms with Gasteiger partial charge < -0.3 is 44.7 Å². The van der Waals surface area contributed by atoms with E-state index in [9.17, 15) is 29.7 Å². The number of fused-ring (bicyclic) bond motifs is 9. The van der Waals surface area contributed by atoms with Gasteiger partial charge >= 0.3 is 0 Å². The lowest BCUT2D eigenvalue weighted by atomic mass is 9.88. The fourth-order valence-electron chi connectivity index (χ4n) is 16.5. The first kappa shape index (κ1) is 68.5. The molecule has 6 aromatic carbocycles. The maximum atomic E-state index is 13.9. The number of hydrogen-bond acceptors (Lipinski definition) is 12. The van der Waals surface area contributed by atoms with Crippen molar-refractivity contribution in [3.63, 3.8) is 0 Å². The van der Waals surface area contributed by atoms with Crippen LogP contribution in [0.5, 0.6) is 0 Å². The van der Waals surface area contributed by atoms with Gasteiger partial charge in [-0.3, -0.25) is 29.3 Å². The van der Waals surface area contributed by atoms with Crippen LogP contribution in [-0.4, -0.2) is 139 Å². The lowest BCUT2D eigenvalue weighted by Gasteiger charge is -2.45. The number of carbonyl (C=O) groups is 3. The molecule has 3 aromatic heterocycles. The summed E-state index contributed by atoms with van der Waals surface area (Å²) in [6.07, 6.45) is 21.7. The number of aliphatic hydroxyl groups is 3. The van der Waals surface area contributed by atoms with Gasteiger partial charge in [-0.1, -0.05) is 149 Å². The Bertz CT molecular complexity index is 4200. The van der Waals surface area contributed by atoms with Crippen molar-refractivity contribution >= 4 is 67.1 Å². The molecule has 3 N–H and O–H groups in total. The van der Waals surface area contributed by atoms with E-state index in [0.29, 0.717) is 33.0 Å². The predicted octanol–water partition coefficient (Wildman–Crippen LogP) is 15.0. The minimum Gasteiger partial charge on any atom is -0.391 e. The molecule has 15 heteroatoms. The molecule has 3 aliphatic heterocycles. The third kappa shape index (κ3) is 14.4. The van der Waals surface area contributed by atoms with Crippen LogP contribution in [0.25, 0.3) is 32.3 Å². The second-order valence-corrected chi connectivity index (χ2v) is 28.4. The zero-order valence-corrected chi connectivity index (χ0v) is 58.5. The highest BCUT2D eigenvalue weighted by Gasteiger charge is 2.42. The van der Waals surface area contributed by atoms with Gasteiger partial charge in [0.15, 0.2) is 0 Å². The average Bonchev–Trinajstić information content (AvgIpc) is 0.753. The van der Waals surface area contributed by atoms with Gasteiger partial charge in [0.1, 0.15) is 0 Å². The monoisotopic (exact) mass is 1330 g/mol. The summed E-state index contributed by atoms with van der Waals surface area (Å²) in [5.41, 5.74) is 15.1. The van der Waals surface area contributed by atoms with Gasteiger partial charge in [0.2, 0.25) is 0 Å². The Balaban J connectivity index is 0.000000133. The highest BCUT2D eigenvalue weighted by Crippen LogP contribution is 2.44. The van der Waals surface area contributed by atoms with Crippen LogP contribution >= 0.6 is 0 Å². The van der Waals surface area contributed by atoms with Crippen LogP contribution < -0.4 is 14.7 Å². The van der Waals surface area contributed by atoms with Gasteiger partial charge in [-0.25, -0.2) is 0 Å². The van der Waals surface area contributed by atoms with Crippen molar-refractivity contribution < 1.29 is 29.7 Å². The van der Waals surface area contributed by atoms with Gasteiger partial charge in [0.25, 0.3) is 17.7 Å². The van der Waals surface area contributed by atoms with Crippen LogP contribution in [0.2, 0.25) is 0 Å². The highest BCUT2D eigenvalue weighted by molar-refractivity contribution is 6.14. The number of rotatable bonds is 15. The third-order valence-electron chi connectivity index (χ3n) is 21.4. The molecule has 514 valence electrons. The number of anilines is 3. The standard InChI is InChI=1S/2C28H33N3O2.C28H31N3O2/c3*1-3-14-30-18-31(25-10-6-7-11-26(25)32)28(33)24-16-21(15-20-13-12-19(2)29-17-20)22-8-4-5-9-23(22)27(24)30/h2*4-5,8-9,12-13,16-17,25-26,32H,3,6-7,10-11,14-15,18H2,1-2H3;3-5,8-9,12-13,16-17,25-26,32H,1,6-7,10-11,14-15,18H2,2H3/t3*25-,26-/m000/s1. The average molecular weight is 1330 g/mol. The molecule has 3 aliphatic carbocycles. The lowest BCUT2D eigenvalue weighted by Crippen LogP contribution is -2.55. The predicted molar refractivity (Wildman–Crippen MR) is 398 cm³/mol. The SMILES string of the molecule is C=CCN1CN([C@H]2CCCC[C@@H]2O)C(=O)c2cc(Cc3ccc(C)nc3)c3ccccc3c21.CCCN1CN([C@H]2CCCC[C@@H]2O)C(=O)c2cc(Cc3ccc(C)nc3)c3ccccc3c21.CCCN1CN([C@H]2CCCC[C@@H]2O)C(=O)c2cc(Cc3ccc(C)nc3)c3ccccc3c21. The third-order valence-corrected chi connectivity index (χ3v) is 21.4. The van der Waals surface area contributed by atoms with Crippen LogP contribution in [0.1, 0.15) is 185 Å². The molecule has 6 atom stereocenters. The molecule has 3 saturated carbocycles. The van der Waals surface area contributed by atoms with E-state index in [1.165, 1.54) is 10.8 Å². The van der Waals surface area contributed by atoms with Crippen molar-refractivity contribution in [1.82, 2.24) is 29.7 Å². The van der Waals surface area contributed by atoms with E-state index in [0.717, 1.165) is 222 Å². The van der Waals surface area contributed by atoms with Gasteiger partial charge in [-0.15, -0.1) is 6.58 Å². The summed E-state index contributed by atoms with van der Waals surface area (Å²) in [5.74, 6) is 0.125. The van der Waals surface area contributed by atoms with E-state index in [1.807, 2.05) is 84.4 Å². The van der Waals surface area contributed by atoms with E-state index in [-0.39, 0.29) is 35.8 Å². The molecular weight excluding hydrogens is 1230 g/mol. The maximum absolute atomic E-state index is 13.9. The highest BCUT2D eigenvalue weighted by atomic mass is 16.3. The lowest BCUT2D eigenvalue weighted by molar-refractivity contribution is 0.0162. The van der Waals surface area contributed by atoms with Crippen molar-refractivity contribution in [3.8, 4) is 0 Å². The van der Waals surface area contributed by atoms with Crippen molar-refractivity contribution in [1.29, 1.82) is 0 Å². The van der Waals surface area contributed by atoms with Crippen molar-refractivity contribution in [2.45, 2.75) is 180 Å². The number of aryl methyl sites for hydroxylation is 3. The van der Waals surface area contributed by atoms with Crippen LogP contribution in [0.15, 0.2) is 159 Å². The molecule has 6 aliphatic rings. The zero-order valence-electron chi connectivity index (χ0n) is 58.5. The maximum Gasteiger partial charge on any atom is 0.257 e. The number of nitrogens with zero attached hydrogens (tertiary/aromatic N) is 9. The number of benzene rings is 6. The van der Waals surface area contributed by atoms with E-state index in [4.69, 9.17) is 0 Å². The summed E-state index contributed by atoms with van der Waals surface area (Å²) in [7, 11) is 0. The Morgan fingerprint density at radius 2 is 0.707 bits per heavy atom. The van der Waals surface area contributed by atoms with E-state index < -0.39 is 18.3 Å². The van der Waals surface area contributed by atoms with Crippen LogP contribution in [0.3, 0.4) is 0 Å². The van der Waals surface area contributed by atoms with Gasteiger partial charge in [0.05, 0.1) is 90.2 Å². The summed E-state index contributed by atoms with van der Waals surface area (Å²) < 4.78 is 0. The Kier molecular flexibility index (Phi) is 21.2. The second kappa shape index (κ2) is 30.6. The Labute approximate surface area is 583 Å². The fourth-order valence-corrected chi connectivity index (χ4v) is 16.5. The first-order valence-electron chi connectivity index (χ1n) is 36.4. The topological polar surface area (TPSA) is 170 Å². The quantitative estimate of drug-likeness (QED) is 0.0832. The summed E-state index contributed by atoms with van der Waals surface area (Å²) >= 11 is 0. The minimum absolute atomic E-state index is 0.0188. The normalized spacial score (nSPS) is 20.8. The van der Waals surface area contributed by atoms with Crippen LogP contribution in [-0.2, 0) is 19.3 Å². The number of carbonyl (C=O) groups excluding carboxylic acids is 3. The molecule has 3 fully saturated rings. The second-order valence-electron chi connectivity index (χ2n) is 28.4. The summed E-state index contributed by atoms with van der Waals surface area (Å²) in [5, 5.41) is 39.1. The van der Waals surface area contributed by atoms with Gasteiger partial charge in [-0.05, 0) is 177 Å². The van der Waals surface area contributed by atoms with E-state index in [1.54, 1.807) is 0 Å². The molecule has 0 saturated heterocycles. The number of aromatic nitrogens is 3. The number of hydrogen-bond donors (Lipinski definition) is 3. The molecule has 0 bridgehead atoms. The smallest absolute Gasteiger partial charge is 0.257 e. The zero-order chi connectivity index (χ0) is 68.8. The van der Waals surface area contributed by atoms with Crippen molar-refractivity contribution in [2.24, 2.45) is 0 Å². The van der Waals surface area contributed by atoms with Crippen LogP contribution in [0.4, 0.5) is 17.1 Å². The molecule has 0 spiro atoms. The largest absolute Gasteiger partial charge is 0.391 e. The molecule has 99 heavy (non-hydrogen) atoms. The summed E-state index contributed by atoms with van der Waals surface area (Å²) in [4.78, 5) is 67.7. The van der Waals surface area contributed by atoms with Crippen molar-refractivity contribution in [3.05, 3.63) is 226 Å². The molecular formula is C84H97N9O6. The molecule has 6 heterocycles. The van der Waals surface area contributed by atoms with Crippen molar-refractivity contribution in [2.75, 3.05) is 54.3 Å². The Hall–Kier alpha value is -9.02. The van der Waals surface area contributed by atoms with Crippen LogP contribution in [0, 0.1) is 20.8 Å². The number of aliphatic hydroxyl groups excluding tert-OH is 3. The minimum atomic E-state index is -0.464. The molecule has 9 aromatic rings. The Morgan fingerprint density at radius 1 is 0.414 bits per heavy atom. The Morgan fingerprint density at radius 3 is 0.990 bits per heavy atom. The summed E-state index contributed by atoms with van der Waals surface area (Å²) in [6.45, 7) is 18.3. The van der Waals surface area contributed by atoms with E-state index >= 15 is 0 Å². The van der Waals surface area contributed by atoms with Gasteiger partial charge in [0, 0.05) is 71.5 Å².